The van der Waals surface area contributed by atoms with Gasteiger partial charge in [0.2, 0.25) is 0 Å². The molecule has 480 valence electrons. The summed E-state index contributed by atoms with van der Waals surface area (Å²) < 4.78 is 129. The van der Waals surface area contributed by atoms with Crippen molar-refractivity contribution >= 4 is 237 Å². The van der Waals surface area contributed by atoms with Gasteiger partial charge in [-0.25, -0.2) is 114 Å². The van der Waals surface area contributed by atoms with E-state index in [2.05, 4.69) is 312 Å². The highest BCUT2D eigenvalue weighted by atomic mass is 31.3. The van der Waals surface area contributed by atoms with Crippen LogP contribution in [0.5, 0.6) is 0 Å². The molecule has 0 aliphatic carbocycles. The van der Waals surface area contributed by atoms with Gasteiger partial charge in [0.15, 0.2) is 0 Å². The number of rotatable bonds is 32. The maximum absolute atomic E-state index is 4.51. The lowest BCUT2D eigenvalue weighted by atomic mass is 11.8. The zero-order valence-electron chi connectivity index (χ0n) is 35.8. The third-order valence-corrected chi connectivity index (χ3v) is 30.9. The van der Waals surface area contributed by atoms with Gasteiger partial charge in [-0.05, 0) is 197 Å². The van der Waals surface area contributed by atoms with Crippen molar-refractivity contribution in [3.8, 4) is 0 Å². The molecule has 0 rings (SSSR count). The highest BCUT2D eigenvalue weighted by molar-refractivity contribution is 7.90. The SMILES string of the molecule is C.C.C.C.C.C.C.C.C.C.C.C.C.C.C.C.C=NP(N=C)(N=C)=N[P+](N=P(N=C)(N=C)N=C)(N=P(N=C)(N=C)N=C)N=P(N=C)(N=C)N=C.C=NP(N=C)(N=C)=N[P+](N=P(N=C)(N=C)N=C)(N=P(N=C)(N=C)N=C)N=P(N=C)(N=C)N=C. The molecule has 0 saturated heterocycles. The molecule has 0 aromatic heterocycles. The van der Waals surface area contributed by atoms with Crippen LogP contribution in [0.4, 0.5) is 0 Å². The van der Waals surface area contributed by atoms with Crippen LogP contribution < -0.4 is 0 Å². The first-order valence-electron chi connectivity index (χ1n) is 15.6. The van der Waals surface area contributed by atoms with Crippen molar-refractivity contribution in [1.29, 1.82) is 0 Å². The summed E-state index contributed by atoms with van der Waals surface area (Å²) in [6, 6.07) is 0. The molecule has 0 spiro atoms. The molecule has 0 unspecified atom stereocenters. The molecular formula is C40H112N32P10+2. The van der Waals surface area contributed by atoms with Crippen LogP contribution in [0.2, 0.25) is 0 Å². The second kappa shape index (κ2) is 56.3. The first-order valence-corrected chi connectivity index (χ1v) is 31.6. The van der Waals surface area contributed by atoms with E-state index < -0.39 is 75.8 Å². The van der Waals surface area contributed by atoms with Gasteiger partial charge < -0.3 is 0 Å². The first kappa shape index (κ1) is 128. The molecule has 0 N–H and O–H groups in total. The zero-order chi connectivity index (χ0) is 51.6. The predicted molar refractivity (Wildman–Crippen MR) is 425 cm³/mol. The summed E-state index contributed by atoms with van der Waals surface area (Å²) in [7, 11) is -36.0. The molecule has 0 aliphatic heterocycles. The molecule has 0 saturated carbocycles. The normalized spacial score (nSPS) is 9.56. The van der Waals surface area contributed by atoms with Crippen molar-refractivity contribution in [1.82, 2.24) is 0 Å². The monoisotopic (exact) mass is 1350 g/mol. The number of hydrogen-bond acceptors (Lipinski definition) is 8. The van der Waals surface area contributed by atoms with E-state index in [0.29, 0.717) is 0 Å². The van der Waals surface area contributed by atoms with Crippen molar-refractivity contribution in [2.45, 2.75) is 119 Å². The minimum atomic E-state index is -4.09. The van der Waals surface area contributed by atoms with Crippen molar-refractivity contribution in [2.75, 3.05) is 0 Å². The van der Waals surface area contributed by atoms with E-state index in [1.165, 1.54) is 0 Å². The Morgan fingerprint density at radius 2 is 0.171 bits per heavy atom. The van der Waals surface area contributed by atoms with Crippen molar-refractivity contribution < 1.29 is 0 Å². The second-order valence-corrected chi connectivity index (χ2v) is 32.7. The van der Waals surface area contributed by atoms with Gasteiger partial charge in [0, 0.05) is 0 Å². The molecule has 0 amide bonds. The molecule has 82 heavy (non-hydrogen) atoms. The molecule has 42 heteroatoms. The van der Waals surface area contributed by atoms with Crippen molar-refractivity contribution in [3.05, 3.63) is 0 Å². The fourth-order valence-electron chi connectivity index (χ4n) is 3.25. The van der Waals surface area contributed by atoms with Gasteiger partial charge in [0.05, 0.1) is 0 Å². The van der Waals surface area contributed by atoms with E-state index in [-0.39, 0.29) is 119 Å². The average molecular weight is 1350 g/mol. The van der Waals surface area contributed by atoms with Crippen LogP contribution in [0.15, 0.2) is 150 Å². The summed E-state index contributed by atoms with van der Waals surface area (Å²) in [4.78, 5) is 0. The van der Waals surface area contributed by atoms with Gasteiger partial charge >= 0.3 is 75.8 Å². The lowest BCUT2D eigenvalue weighted by Gasteiger charge is -2.16. The Labute approximate surface area is 503 Å². The van der Waals surface area contributed by atoms with E-state index >= 15 is 0 Å². The van der Waals surface area contributed by atoms with Gasteiger partial charge in [-0.1, -0.05) is 119 Å². The molecule has 0 heterocycles. The Morgan fingerprint density at radius 1 is 0.122 bits per heavy atom. The van der Waals surface area contributed by atoms with Crippen molar-refractivity contribution in [3.63, 3.8) is 0 Å². The summed E-state index contributed by atoms with van der Waals surface area (Å²) >= 11 is 0. The fourth-order valence-corrected chi connectivity index (χ4v) is 26.7. The van der Waals surface area contributed by atoms with Gasteiger partial charge in [-0.3, -0.25) is 0 Å². The molecule has 0 atom stereocenters. The molecule has 0 bridgehead atoms. The van der Waals surface area contributed by atoms with Gasteiger partial charge in [-0.15, -0.1) is 0 Å². The second-order valence-electron chi connectivity index (χ2n) is 9.48. The van der Waals surface area contributed by atoms with Gasteiger partial charge in [0.25, 0.3) is 0 Å². The average Bonchev–Trinajstić information content (AvgIpc) is 3.38. The standard InChI is InChI=1S/2C12H24N16P5.16CH4/c2*1-13-29(14-2,15-3)25-33(26-30(16-4,17-5)18-6,27-31(19-7,20-8)21-9)28-32(22-10,23-11)24-12;;;;;;;;;;;;;;;;/h2*1-12H2;16*1H4/q2*+1;;;;;;;;;;;;;;;;. The largest absolute Gasteiger partial charge is 0.509 e. The Balaban J connectivity index is -0.0000000522. The third-order valence-electron chi connectivity index (χ3n) is 6.47. The third kappa shape index (κ3) is 30.9. The van der Waals surface area contributed by atoms with Crippen LogP contribution in [-0.2, 0) is 0 Å². The van der Waals surface area contributed by atoms with Crippen molar-refractivity contribution in [2.24, 2.45) is 150 Å². The minimum absolute atomic E-state index is 0. The van der Waals surface area contributed by atoms with E-state index in [0.717, 1.165) is 0 Å². The topological polar surface area (TPSA) is 396 Å². The van der Waals surface area contributed by atoms with Crippen LogP contribution in [0.3, 0.4) is 0 Å². The smallest absolute Gasteiger partial charge is 0.218 e. The van der Waals surface area contributed by atoms with Crippen LogP contribution in [0, 0.1) is 0 Å². The first-order chi connectivity index (χ1) is 31.1. The Hall–Kier alpha value is -5.22. The molecule has 0 aromatic carbocycles. The maximum atomic E-state index is 4.51. The summed E-state index contributed by atoms with van der Waals surface area (Å²) in [5, 5.41) is 0. The Bertz CT molecular complexity index is 1930. The molecule has 0 aromatic rings. The highest BCUT2D eigenvalue weighted by Crippen LogP contribution is 2.87. The summed E-state index contributed by atoms with van der Waals surface area (Å²) in [5.41, 5.74) is 0. The molecular weight excluding hydrogens is 1240 g/mol. The summed E-state index contributed by atoms with van der Waals surface area (Å²) in [5.74, 6) is 0. The number of nitrogens with zero attached hydrogens (tertiary/aromatic N) is 32. The zero-order valence-corrected chi connectivity index (χ0v) is 44.7. The molecule has 32 nitrogen and oxygen atoms in total. The fraction of sp³-hybridized carbons (Fsp3) is 0.400. The molecule has 0 radical (unpaired) electrons. The van der Waals surface area contributed by atoms with E-state index in [1.54, 1.807) is 0 Å². The number of hydrogen-bond donors (Lipinski definition) is 0. The Kier molecular flexibility index (Phi) is 87.6. The van der Waals surface area contributed by atoms with Crippen LogP contribution >= 0.6 is 75.8 Å². The summed E-state index contributed by atoms with van der Waals surface area (Å²) in [6.07, 6.45) is 0. The predicted octanol–water partition coefficient (Wildman–Crippen LogP) is 23.9. The lowest BCUT2D eigenvalue weighted by Crippen LogP contribution is -1.83. The van der Waals surface area contributed by atoms with Gasteiger partial charge in [0.1, 0.15) is 0 Å². The maximum Gasteiger partial charge on any atom is 0.509 e. The highest BCUT2D eigenvalue weighted by Gasteiger charge is 2.54. The lowest BCUT2D eigenvalue weighted by molar-refractivity contribution is 1.44. The molecule has 0 fully saturated rings. The van der Waals surface area contributed by atoms with Crippen LogP contribution in [-0.4, -0.2) is 161 Å². The van der Waals surface area contributed by atoms with E-state index in [9.17, 15) is 0 Å². The molecule has 0 aliphatic rings. The van der Waals surface area contributed by atoms with E-state index in [1.807, 2.05) is 0 Å². The minimum Gasteiger partial charge on any atom is -0.218 e. The van der Waals surface area contributed by atoms with Gasteiger partial charge in [-0.2, -0.15) is 0 Å². The van der Waals surface area contributed by atoms with E-state index in [4.69, 9.17) is 0 Å². The van der Waals surface area contributed by atoms with Crippen LogP contribution in [0.25, 0.3) is 0 Å². The quantitative estimate of drug-likeness (QED) is 0.0448. The van der Waals surface area contributed by atoms with Crippen LogP contribution in [0.1, 0.15) is 119 Å². The Morgan fingerprint density at radius 3 is 0.207 bits per heavy atom. The summed E-state index contributed by atoms with van der Waals surface area (Å²) in [6.45, 7) is 83.2.